The Hall–Kier alpha value is -3.36. The zero-order valence-electron chi connectivity index (χ0n) is 22.4. The van der Waals surface area contributed by atoms with Crippen molar-refractivity contribution < 1.29 is 18.7 Å². The van der Waals surface area contributed by atoms with Gasteiger partial charge in [0, 0.05) is 48.4 Å². The summed E-state index contributed by atoms with van der Waals surface area (Å²) in [5, 5.41) is 3.27. The molecular weight excluding hydrogens is 489 g/mol. The van der Waals surface area contributed by atoms with Crippen molar-refractivity contribution in [2.45, 2.75) is 46.2 Å². The maximum Gasteiger partial charge on any atom is 0.348 e. The first-order valence-corrected chi connectivity index (χ1v) is 12.8. The van der Waals surface area contributed by atoms with E-state index in [9.17, 15) is 4.79 Å². The van der Waals surface area contributed by atoms with Crippen LogP contribution in [-0.4, -0.2) is 38.4 Å². The largest absolute Gasteiger partial charge is 0.481 e. The molecule has 0 amide bonds. The number of pyridine rings is 1. The first kappa shape index (κ1) is 28.2. The molecule has 0 atom stereocenters. The third-order valence-corrected chi connectivity index (χ3v) is 7.41. The van der Waals surface area contributed by atoms with Crippen molar-refractivity contribution in [3.8, 4) is 17.0 Å². The molecule has 0 aliphatic heterocycles. The number of ether oxygens (including phenoxy) is 2. The van der Waals surface area contributed by atoms with E-state index in [1.165, 1.54) is 24.5 Å². The molecule has 0 radical (unpaired) electrons. The summed E-state index contributed by atoms with van der Waals surface area (Å²) >= 11 is 1.44. The summed E-state index contributed by atoms with van der Waals surface area (Å²) in [6, 6.07) is 10.9. The number of esters is 1. The molecule has 0 spiro atoms. The van der Waals surface area contributed by atoms with Gasteiger partial charge in [-0.2, -0.15) is 0 Å². The first-order valence-electron chi connectivity index (χ1n) is 12.0. The fourth-order valence-corrected chi connectivity index (χ4v) is 4.91. The molecule has 0 fully saturated rings. The fourth-order valence-electron chi connectivity index (χ4n) is 3.75. The standard InChI is InChI=1S/C29H34FN3O3S/c1-8-18(15-31-5)24-12-21(14-26(33-24)35-6)19-9-10-20(23(30)11-19)16-32-17-22-13-25(29(2,3)4)37-27(22)28(34)36-7/h8-15,32H,16-17H2,1-7H3/b18-8+,31-15?. The van der Waals surface area contributed by atoms with E-state index in [2.05, 4.69) is 36.1 Å². The summed E-state index contributed by atoms with van der Waals surface area (Å²) in [5.41, 5.74) is 4.35. The van der Waals surface area contributed by atoms with E-state index in [0.29, 0.717) is 40.7 Å². The highest BCUT2D eigenvalue weighted by Crippen LogP contribution is 2.33. The number of carbonyl (C=O) groups is 1. The van der Waals surface area contributed by atoms with E-state index >= 15 is 4.39 Å². The second-order valence-electron chi connectivity index (χ2n) is 9.53. The van der Waals surface area contributed by atoms with Crippen LogP contribution in [0.25, 0.3) is 16.7 Å². The quantitative estimate of drug-likeness (QED) is 0.258. The molecule has 196 valence electrons. The average molecular weight is 524 g/mol. The number of rotatable bonds is 9. The highest BCUT2D eigenvalue weighted by atomic mass is 32.1. The van der Waals surface area contributed by atoms with Crippen LogP contribution >= 0.6 is 11.3 Å². The van der Waals surface area contributed by atoms with Crippen molar-refractivity contribution in [3.05, 3.63) is 74.9 Å². The second kappa shape index (κ2) is 12.3. The Labute approximate surface area is 222 Å². The van der Waals surface area contributed by atoms with Gasteiger partial charge in [-0.25, -0.2) is 14.2 Å². The lowest BCUT2D eigenvalue weighted by Crippen LogP contribution is -2.15. The van der Waals surface area contributed by atoms with Gasteiger partial charge in [-0.15, -0.1) is 11.3 Å². The molecule has 0 unspecified atom stereocenters. The molecule has 0 aliphatic rings. The van der Waals surface area contributed by atoms with Crippen LogP contribution in [0.3, 0.4) is 0 Å². The number of hydrogen-bond acceptors (Lipinski definition) is 7. The predicted molar refractivity (Wildman–Crippen MR) is 149 cm³/mol. The zero-order chi connectivity index (χ0) is 27.2. The van der Waals surface area contributed by atoms with Crippen molar-refractivity contribution in [2.24, 2.45) is 4.99 Å². The van der Waals surface area contributed by atoms with E-state index in [0.717, 1.165) is 21.6 Å². The highest BCUT2D eigenvalue weighted by molar-refractivity contribution is 7.14. The minimum Gasteiger partial charge on any atom is -0.481 e. The molecule has 8 heteroatoms. The van der Waals surface area contributed by atoms with E-state index in [1.54, 1.807) is 32.5 Å². The lowest BCUT2D eigenvalue weighted by atomic mass is 9.94. The van der Waals surface area contributed by atoms with Crippen LogP contribution < -0.4 is 10.1 Å². The maximum atomic E-state index is 15.1. The van der Waals surface area contributed by atoms with Gasteiger partial charge in [-0.05, 0) is 47.2 Å². The number of aliphatic imine (C=N–C) groups is 1. The molecule has 2 aromatic heterocycles. The number of nitrogens with zero attached hydrogens (tertiary/aromatic N) is 2. The highest BCUT2D eigenvalue weighted by Gasteiger charge is 2.23. The maximum absolute atomic E-state index is 15.1. The zero-order valence-corrected chi connectivity index (χ0v) is 23.3. The lowest BCUT2D eigenvalue weighted by molar-refractivity contribution is 0.0605. The van der Waals surface area contributed by atoms with E-state index < -0.39 is 0 Å². The van der Waals surface area contributed by atoms with Crippen LogP contribution in [-0.2, 0) is 23.2 Å². The molecule has 3 rings (SSSR count). The predicted octanol–water partition coefficient (Wildman–Crippen LogP) is 6.44. The number of nitrogens with one attached hydrogen (secondary N) is 1. The molecular formula is C29H34FN3O3S. The minimum absolute atomic E-state index is 0.0832. The lowest BCUT2D eigenvalue weighted by Gasteiger charge is -2.15. The molecule has 1 aromatic carbocycles. The normalized spacial score (nSPS) is 12.3. The third-order valence-electron chi connectivity index (χ3n) is 5.82. The van der Waals surface area contributed by atoms with Gasteiger partial charge in [-0.3, -0.25) is 4.99 Å². The van der Waals surface area contributed by atoms with Crippen LogP contribution in [0.15, 0.2) is 47.5 Å². The number of aromatic nitrogens is 1. The molecule has 0 bridgehead atoms. The molecule has 3 aromatic rings. The Morgan fingerprint density at radius 1 is 1.11 bits per heavy atom. The van der Waals surface area contributed by atoms with Crippen LogP contribution in [0, 0.1) is 5.82 Å². The second-order valence-corrected chi connectivity index (χ2v) is 10.6. The molecule has 0 saturated heterocycles. The topological polar surface area (TPSA) is 72.8 Å². The number of halogens is 1. The Balaban J connectivity index is 1.80. The number of allylic oxidation sites excluding steroid dienone is 2. The monoisotopic (exact) mass is 523 g/mol. The van der Waals surface area contributed by atoms with Crippen molar-refractivity contribution in [2.75, 3.05) is 21.3 Å². The SMILES string of the molecule is C/C=C(\C=NC)c1cc(-c2ccc(CNCc3cc(C(C)(C)C)sc3C(=O)OC)c(F)c2)cc(OC)n1. The number of hydrogen-bond donors (Lipinski definition) is 1. The molecule has 2 heterocycles. The van der Waals surface area contributed by atoms with Crippen molar-refractivity contribution in [3.63, 3.8) is 0 Å². The van der Waals surface area contributed by atoms with Gasteiger partial charge in [0.1, 0.15) is 10.7 Å². The summed E-state index contributed by atoms with van der Waals surface area (Å²) < 4.78 is 25.5. The number of thiophene rings is 1. The van der Waals surface area contributed by atoms with Crippen molar-refractivity contribution in [1.29, 1.82) is 0 Å². The van der Waals surface area contributed by atoms with Crippen LogP contribution in [0.1, 0.15) is 59.1 Å². The van der Waals surface area contributed by atoms with E-state index in [4.69, 9.17) is 9.47 Å². The van der Waals surface area contributed by atoms with Crippen molar-refractivity contribution in [1.82, 2.24) is 10.3 Å². The molecule has 0 aliphatic carbocycles. The van der Waals surface area contributed by atoms with Gasteiger partial charge in [-0.1, -0.05) is 39.0 Å². The van der Waals surface area contributed by atoms with Gasteiger partial charge < -0.3 is 14.8 Å². The van der Waals surface area contributed by atoms with E-state index in [-0.39, 0.29) is 17.2 Å². The van der Waals surface area contributed by atoms with Crippen LogP contribution in [0.4, 0.5) is 4.39 Å². The summed E-state index contributed by atoms with van der Waals surface area (Å²) in [6.07, 6.45) is 3.64. The Morgan fingerprint density at radius 2 is 1.84 bits per heavy atom. The van der Waals surface area contributed by atoms with Gasteiger partial charge in [0.25, 0.3) is 0 Å². The van der Waals surface area contributed by atoms with Gasteiger partial charge >= 0.3 is 5.97 Å². The summed E-state index contributed by atoms with van der Waals surface area (Å²) in [5.74, 6) is -0.238. The summed E-state index contributed by atoms with van der Waals surface area (Å²) in [4.78, 5) is 22.5. The average Bonchev–Trinajstić information content (AvgIpc) is 3.32. The summed E-state index contributed by atoms with van der Waals surface area (Å²) in [6.45, 7) is 8.96. The molecule has 1 N–H and O–H groups in total. The first-order chi connectivity index (χ1) is 17.6. The van der Waals surface area contributed by atoms with Gasteiger partial charge in [0.2, 0.25) is 5.88 Å². The molecule has 0 saturated carbocycles. The smallest absolute Gasteiger partial charge is 0.348 e. The Bertz CT molecular complexity index is 1320. The molecule has 6 nitrogen and oxygen atoms in total. The van der Waals surface area contributed by atoms with E-state index in [1.807, 2.05) is 31.2 Å². The van der Waals surface area contributed by atoms with Gasteiger partial charge in [0.05, 0.1) is 19.9 Å². The number of carbonyl (C=O) groups excluding carboxylic acids is 1. The fraction of sp³-hybridized carbons (Fsp3) is 0.345. The Morgan fingerprint density at radius 3 is 2.43 bits per heavy atom. The van der Waals surface area contributed by atoms with Crippen molar-refractivity contribution >= 4 is 29.1 Å². The summed E-state index contributed by atoms with van der Waals surface area (Å²) in [7, 11) is 4.63. The van der Waals surface area contributed by atoms with Crippen LogP contribution in [0.2, 0.25) is 0 Å². The number of benzene rings is 1. The Kier molecular flexibility index (Phi) is 9.34. The number of methoxy groups -OCH3 is 2. The van der Waals surface area contributed by atoms with Crippen LogP contribution in [0.5, 0.6) is 5.88 Å². The van der Waals surface area contributed by atoms with Gasteiger partial charge in [0.15, 0.2) is 0 Å². The minimum atomic E-state index is -0.355. The third kappa shape index (κ3) is 6.90. The molecule has 37 heavy (non-hydrogen) atoms.